The Kier molecular flexibility index (Phi) is 5.28. The molecule has 0 unspecified atom stereocenters. The molecule has 0 atom stereocenters. The molecule has 0 spiro atoms. The number of hydrogen-bond acceptors (Lipinski definition) is 2. The highest BCUT2D eigenvalue weighted by Gasteiger charge is 2.21. The summed E-state index contributed by atoms with van der Waals surface area (Å²) in [5, 5.41) is 9.42. The van der Waals surface area contributed by atoms with Gasteiger partial charge in [-0.25, -0.2) is 0 Å². The van der Waals surface area contributed by atoms with E-state index < -0.39 is 5.41 Å². The minimum absolute atomic E-state index is 0.548. The van der Waals surface area contributed by atoms with Crippen LogP contribution in [-0.4, -0.2) is 6.21 Å². The van der Waals surface area contributed by atoms with Gasteiger partial charge >= 0.3 is 0 Å². The van der Waals surface area contributed by atoms with Gasteiger partial charge in [0, 0.05) is 11.8 Å². The Hall–Kier alpha value is -2.66. The lowest BCUT2D eigenvalue weighted by molar-refractivity contribution is 0.687. The normalized spacial score (nSPS) is 11.6. The summed E-state index contributed by atoms with van der Waals surface area (Å²) >= 11 is 0. The van der Waals surface area contributed by atoms with E-state index in [0.717, 1.165) is 28.0 Å². The van der Waals surface area contributed by atoms with Crippen molar-refractivity contribution in [2.24, 2.45) is 4.99 Å². The smallest absolute Gasteiger partial charge is 0.0767 e. The lowest BCUT2D eigenvalue weighted by Crippen LogP contribution is -2.13. The number of nitriles is 1. The van der Waals surface area contributed by atoms with Crippen molar-refractivity contribution in [2.45, 2.75) is 47.0 Å². The van der Waals surface area contributed by atoms with Gasteiger partial charge in [-0.3, -0.25) is 4.99 Å². The SMILES string of the molecule is C=C(c1ccc(C(C)(C)C#N)cc1/N=C\C)c1cc(C)cc(C)c1C. The number of hydrogen-bond donors (Lipinski definition) is 0. The third-order valence-corrected chi connectivity index (χ3v) is 4.73. The van der Waals surface area contributed by atoms with E-state index in [1.165, 1.54) is 16.7 Å². The molecule has 0 saturated carbocycles. The molecule has 25 heavy (non-hydrogen) atoms. The van der Waals surface area contributed by atoms with Crippen LogP contribution in [0.4, 0.5) is 5.69 Å². The molecular weight excluding hydrogens is 304 g/mol. The van der Waals surface area contributed by atoms with Crippen LogP contribution in [0.1, 0.15) is 54.2 Å². The monoisotopic (exact) mass is 330 g/mol. The number of benzene rings is 2. The molecule has 2 heteroatoms. The van der Waals surface area contributed by atoms with E-state index in [1.807, 2.05) is 39.0 Å². The molecule has 128 valence electrons. The van der Waals surface area contributed by atoms with Crippen LogP contribution in [0.3, 0.4) is 0 Å². The molecule has 0 N–H and O–H groups in total. The highest BCUT2D eigenvalue weighted by molar-refractivity contribution is 5.87. The molecule has 0 aliphatic carbocycles. The maximum Gasteiger partial charge on any atom is 0.0767 e. The standard InChI is InChI=1S/C23H26N2/c1-8-25-22-13-19(23(6,7)14-24)9-10-20(22)18(5)21-12-15(2)11-16(3)17(21)4/h8-13H,5H2,1-4,6-7H3/b25-8-. The molecule has 0 aromatic heterocycles. The minimum atomic E-state index is -0.548. The summed E-state index contributed by atoms with van der Waals surface area (Å²) in [6.07, 6.45) is 1.78. The number of rotatable bonds is 4. The quantitative estimate of drug-likeness (QED) is 0.615. The zero-order valence-corrected chi connectivity index (χ0v) is 16.1. The van der Waals surface area contributed by atoms with Crippen LogP contribution >= 0.6 is 0 Å². The molecule has 0 amide bonds. The van der Waals surface area contributed by atoms with Crippen molar-refractivity contribution >= 4 is 17.5 Å². The molecule has 0 aliphatic heterocycles. The summed E-state index contributed by atoms with van der Waals surface area (Å²) in [7, 11) is 0. The summed E-state index contributed by atoms with van der Waals surface area (Å²) in [5.41, 5.74) is 8.11. The molecule has 0 radical (unpaired) electrons. The van der Waals surface area contributed by atoms with E-state index in [2.05, 4.69) is 50.5 Å². The van der Waals surface area contributed by atoms with Gasteiger partial charge in [0.1, 0.15) is 0 Å². The third-order valence-electron chi connectivity index (χ3n) is 4.73. The Balaban J connectivity index is 2.63. The zero-order valence-electron chi connectivity index (χ0n) is 16.1. The van der Waals surface area contributed by atoms with E-state index in [0.29, 0.717) is 0 Å². The fraction of sp³-hybridized carbons (Fsp3) is 0.304. The first-order valence-electron chi connectivity index (χ1n) is 8.53. The lowest BCUT2D eigenvalue weighted by atomic mass is 9.84. The van der Waals surface area contributed by atoms with Crippen molar-refractivity contribution in [1.82, 2.24) is 0 Å². The van der Waals surface area contributed by atoms with Gasteiger partial charge in [-0.05, 0) is 75.4 Å². The summed E-state index contributed by atoms with van der Waals surface area (Å²) in [6.45, 7) is 16.5. The first-order valence-corrected chi connectivity index (χ1v) is 8.53. The summed E-state index contributed by atoms with van der Waals surface area (Å²) in [6, 6.07) is 12.8. The Morgan fingerprint density at radius 1 is 1.12 bits per heavy atom. The zero-order chi connectivity index (χ0) is 18.8. The Morgan fingerprint density at radius 2 is 1.80 bits per heavy atom. The first kappa shape index (κ1) is 18.7. The third kappa shape index (κ3) is 3.72. The molecule has 0 saturated heterocycles. The van der Waals surface area contributed by atoms with Crippen molar-refractivity contribution < 1.29 is 0 Å². The summed E-state index contributed by atoms with van der Waals surface area (Å²) < 4.78 is 0. The van der Waals surface area contributed by atoms with Crippen LogP contribution < -0.4 is 0 Å². The van der Waals surface area contributed by atoms with Gasteiger partial charge in [0.25, 0.3) is 0 Å². The Labute approximate surface area is 151 Å². The predicted octanol–water partition coefficient (Wildman–Crippen LogP) is 6.20. The predicted molar refractivity (Wildman–Crippen MR) is 108 cm³/mol. The summed E-state index contributed by atoms with van der Waals surface area (Å²) in [4.78, 5) is 4.54. The van der Waals surface area contributed by atoms with E-state index in [9.17, 15) is 5.26 Å². The average Bonchev–Trinajstić information content (AvgIpc) is 2.57. The highest BCUT2D eigenvalue weighted by atomic mass is 14.7. The van der Waals surface area contributed by atoms with Gasteiger partial charge in [0.2, 0.25) is 0 Å². The van der Waals surface area contributed by atoms with Crippen molar-refractivity contribution in [3.8, 4) is 6.07 Å². The van der Waals surface area contributed by atoms with Crippen molar-refractivity contribution in [1.29, 1.82) is 5.26 Å². The summed E-state index contributed by atoms with van der Waals surface area (Å²) in [5.74, 6) is 0. The first-order chi connectivity index (χ1) is 11.7. The minimum Gasteiger partial charge on any atom is -0.261 e. The number of nitrogens with zero attached hydrogens (tertiary/aromatic N) is 2. The van der Waals surface area contributed by atoms with Crippen LogP contribution in [0.15, 0.2) is 41.9 Å². The van der Waals surface area contributed by atoms with Crippen molar-refractivity contribution in [3.05, 3.63) is 70.3 Å². The maximum absolute atomic E-state index is 9.42. The number of aryl methyl sites for hydroxylation is 2. The average molecular weight is 330 g/mol. The molecular formula is C23H26N2. The van der Waals surface area contributed by atoms with Crippen LogP contribution in [0, 0.1) is 32.1 Å². The maximum atomic E-state index is 9.42. The van der Waals surface area contributed by atoms with E-state index in [4.69, 9.17) is 0 Å². The molecule has 0 heterocycles. The second-order valence-corrected chi connectivity index (χ2v) is 7.09. The molecule has 2 aromatic carbocycles. The van der Waals surface area contributed by atoms with Gasteiger partial charge in [0.15, 0.2) is 0 Å². The highest BCUT2D eigenvalue weighted by Crippen LogP contribution is 2.36. The fourth-order valence-corrected chi connectivity index (χ4v) is 2.98. The fourth-order valence-electron chi connectivity index (χ4n) is 2.98. The second-order valence-electron chi connectivity index (χ2n) is 7.09. The van der Waals surface area contributed by atoms with Crippen molar-refractivity contribution in [3.63, 3.8) is 0 Å². The van der Waals surface area contributed by atoms with E-state index >= 15 is 0 Å². The molecule has 0 bridgehead atoms. The van der Waals surface area contributed by atoms with Gasteiger partial charge in [0.05, 0.1) is 17.2 Å². The van der Waals surface area contributed by atoms with Gasteiger partial charge in [-0.2, -0.15) is 5.26 Å². The van der Waals surface area contributed by atoms with Gasteiger partial charge in [-0.15, -0.1) is 0 Å². The van der Waals surface area contributed by atoms with Crippen molar-refractivity contribution in [2.75, 3.05) is 0 Å². The molecule has 2 rings (SSSR count). The number of aliphatic imine (C=N–C) groups is 1. The lowest BCUT2D eigenvalue weighted by Gasteiger charge is -2.19. The molecule has 0 fully saturated rings. The van der Waals surface area contributed by atoms with Crippen LogP contribution in [0.25, 0.3) is 5.57 Å². The van der Waals surface area contributed by atoms with Gasteiger partial charge < -0.3 is 0 Å². The van der Waals surface area contributed by atoms with Gasteiger partial charge in [-0.1, -0.05) is 36.4 Å². The van der Waals surface area contributed by atoms with E-state index in [-0.39, 0.29) is 0 Å². The molecule has 2 aromatic rings. The van der Waals surface area contributed by atoms with Crippen LogP contribution in [0.2, 0.25) is 0 Å². The Bertz CT molecular complexity index is 893. The molecule has 2 nitrogen and oxygen atoms in total. The van der Waals surface area contributed by atoms with Crippen LogP contribution in [-0.2, 0) is 5.41 Å². The topological polar surface area (TPSA) is 36.1 Å². The second kappa shape index (κ2) is 7.07. The Morgan fingerprint density at radius 3 is 2.40 bits per heavy atom. The molecule has 0 aliphatic rings. The van der Waals surface area contributed by atoms with Crippen LogP contribution in [0.5, 0.6) is 0 Å². The largest absolute Gasteiger partial charge is 0.261 e. The van der Waals surface area contributed by atoms with E-state index in [1.54, 1.807) is 6.21 Å².